The Bertz CT molecular complexity index is 550. The minimum absolute atomic E-state index is 0.285. The lowest BCUT2D eigenvalue weighted by molar-refractivity contribution is 0.439. The van der Waals surface area contributed by atoms with Crippen molar-refractivity contribution in [2.45, 2.75) is 19.4 Å². The highest BCUT2D eigenvalue weighted by Gasteiger charge is 2.17. The van der Waals surface area contributed by atoms with E-state index in [-0.39, 0.29) is 6.04 Å². The van der Waals surface area contributed by atoms with Crippen LogP contribution < -0.4 is 5.32 Å². The summed E-state index contributed by atoms with van der Waals surface area (Å²) in [5, 5.41) is 3.15. The molecule has 0 aliphatic heterocycles. The third-order valence-electron chi connectivity index (χ3n) is 3.05. The Morgan fingerprint density at radius 3 is 2.25 bits per heavy atom. The minimum Gasteiger partial charge on any atom is -0.310 e. The molecule has 2 nitrogen and oxygen atoms in total. The van der Waals surface area contributed by atoms with Gasteiger partial charge in [0.05, 0.1) is 0 Å². The molecule has 0 saturated carbocycles. The van der Waals surface area contributed by atoms with Gasteiger partial charge >= 0.3 is 0 Å². The summed E-state index contributed by atoms with van der Waals surface area (Å²) in [6.07, 6.45) is 3.86. The summed E-state index contributed by atoms with van der Waals surface area (Å²) >= 11 is 0. The van der Waals surface area contributed by atoms with Crippen LogP contribution in [0.3, 0.4) is 0 Å². The van der Waals surface area contributed by atoms with E-state index in [9.17, 15) is 13.2 Å². The Labute approximate surface area is 115 Å². The minimum atomic E-state index is -1.44. The number of hydrogen-bond donors (Lipinski definition) is 1. The van der Waals surface area contributed by atoms with Crippen molar-refractivity contribution in [3.63, 3.8) is 0 Å². The van der Waals surface area contributed by atoms with Gasteiger partial charge in [-0.05, 0) is 48.4 Å². The zero-order valence-electron chi connectivity index (χ0n) is 11.0. The molecule has 0 radical (unpaired) electrons. The molecule has 0 amide bonds. The number of likely N-dealkylation sites (N-methyl/N-ethyl adjacent to an activating group) is 1. The number of nitrogens with zero attached hydrogens (tertiary/aromatic N) is 1. The van der Waals surface area contributed by atoms with Crippen molar-refractivity contribution in [2.24, 2.45) is 0 Å². The van der Waals surface area contributed by atoms with Gasteiger partial charge in [0, 0.05) is 18.4 Å². The second-order valence-electron chi connectivity index (χ2n) is 4.47. The molecule has 20 heavy (non-hydrogen) atoms. The van der Waals surface area contributed by atoms with E-state index in [0.717, 1.165) is 17.7 Å². The van der Waals surface area contributed by atoms with Crippen LogP contribution in [0.15, 0.2) is 36.7 Å². The predicted octanol–water partition coefficient (Wildman–Crippen LogP) is 3.39. The molecule has 106 valence electrons. The van der Waals surface area contributed by atoms with Gasteiger partial charge in [-0.3, -0.25) is 4.98 Å². The van der Waals surface area contributed by atoms with E-state index < -0.39 is 17.5 Å². The molecule has 5 heteroatoms. The van der Waals surface area contributed by atoms with E-state index >= 15 is 0 Å². The highest BCUT2D eigenvalue weighted by atomic mass is 19.2. The molecule has 0 fully saturated rings. The Hall–Kier alpha value is -1.88. The molecule has 0 aliphatic rings. The standard InChI is InChI=1S/C15H15F3N2/c1-2-20-14(7-10-3-5-19-6-4-10)11-8-12(16)15(18)13(17)9-11/h3-6,8-9,14,20H,2,7H2,1H3. The second kappa shape index (κ2) is 6.52. The Kier molecular flexibility index (Phi) is 4.74. The Balaban J connectivity index is 2.29. The van der Waals surface area contributed by atoms with Crippen LogP contribution >= 0.6 is 0 Å². The first-order chi connectivity index (χ1) is 9.61. The van der Waals surface area contributed by atoms with Gasteiger partial charge in [-0.15, -0.1) is 0 Å². The van der Waals surface area contributed by atoms with Gasteiger partial charge < -0.3 is 5.32 Å². The first-order valence-corrected chi connectivity index (χ1v) is 6.38. The fourth-order valence-electron chi connectivity index (χ4n) is 2.09. The molecular weight excluding hydrogens is 265 g/mol. The molecule has 1 aromatic heterocycles. The summed E-state index contributed by atoms with van der Waals surface area (Å²) in [6, 6.07) is 5.45. The number of halogens is 3. The average Bonchev–Trinajstić information content (AvgIpc) is 2.45. The van der Waals surface area contributed by atoms with Crippen molar-refractivity contribution >= 4 is 0 Å². The average molecular weight is 280 g/mol. The van der Waals surface area contributed by atoms with Crippen LogP contribution in [-0.4, -0.2) is 11.5 Å². The summed E-state index contributed by atoms with van der Waals surface area (Å²) in [7, 11) is 0. The summed E-state index contributed by atoms with van der Waals surface area (Å²) in [5.41, 5.74) is 1.37. The van der Waals surface area contributed by atoms with Crippen molar-refractivity contribution in [3.8, 4) is 0 Å². The first kappa shape index (κ1) is 14.5. The monoisotopic (exact) mass is 280 g/mol. The van der Waals surface area contributed by atoms with Crippen LogP contribution in [0.2, 0.25) is 0 Å². The van der Waals surface area contributed by atoms with E-state index in [1.165, 1.54) is 0 Å². The fourth-order valence-corrected chi connectivity index (χ4v) is 2.09. The molecule has 0 spiro atoms. The summed E-state index contributed by atoms with van der Waals surface area (Å²) in [6.45, 7) is 2.53. The lowest BCUT2D eigenvalue weighted by Gasteiger charge is -2.19. The molecule has 1 unspecified atom stereocenters. The van der Waals surface area contributed by atoms with Crippen molar-refractivity contribution in [3.05, 3.63) is 65.2 Å². The van der Waals surface area contributed by atoms with Gasteiger partial charge in [-0.1, -0.05) is 6.92 Å². The van der Waals surface area contributed by atoms with Crippen LogP contribution in [-0.2, 0) is 6.42 Å². The van der Waals surface area contributed by atoms with Crippen molar-refractivity contribution in [1.29, 1.82) is 0 Å². The van der Waals surface area contributed by atoms with E-state index in [2.05, 4.69) is 10.3 Å². The van der Waals surface area contributed by atoms with Crippen molar-refractivity contribution in [2.75, 3.05) is 6.54 Å². The molecule has 0 bridgehead atoms. The maximum Gasteiger partial charge on any atom is 0.194 e. The lowest BCUT2D eigenvalue weighted by Crippen LogP contribution is -2.23. The van der Waals surface area contributed by atoms with Gasteiger partial charge in [0.1, 0.15) is 0 Å². The topological polar surface area (TPSA) is 24.9 Å². The molecule has 2 rings (SSSR count). The van der Waals surface area contributed by atoms with E-state index in [0.29, 0.717) is 18.5 Å². The zero-order chi connectivity index (χ0) is 14.5. The van der Waals surface area contributed by atoms with Crippen LogP contribution in [0.25, 0.3) is 0 Å². The van der Waals surface area contributed by atoms with Crippen molar-refractivity contribution < 1.29 is 13.2 Å². The molecule has 1 heterocycles. The van der Waals surface area contributed by atoms with Gasteiger partial charge in [0.25, 0.3) is 0 Å². The SMILES string of the molecule is CCNC(Cc1ccncc1)c1cc(F)c(F)c(F)c1. The van der Waals surface area contributed by atoms with Gasteiger partial charge in [-0.2, -0.15) is 0 Å². The van der Waals surface area contributed by atoms with Crippen LogP contribution in [0.1, 0.15) is 24.1 Å². The second-order valence-corrected chi connectivity index (χ2v) is 4.47. The molecule has 1 aromatic carbocycles. The molecule has 1 N–H and O–H groups in total. The molecule has 0 saturated heterocycles. The van der Waals surface area contributed by atoms with Crippen LogP contribution in [0.5, 0.6) is 0 Å². The lowest BCUT2D eigenvalue weighted by atomic mass is 9.99. The third-order valence-corrected chi connectivity index (χ3v) is 3.05. The van der Waals surface area contributed by atoms with E-state index in [4.69, 9.17) is 0 Å². The number of nitrogens with one attached hydrogen (secondary N) is 1. The van der Waals surface area contributed by atoms with Crippen LogP contribution in [0, 0.1) is 17.5 Å². The number of benzene rings is 1. The Morgan fingerprint density at radius 2 is 1.70 bits per heavy atom. The van der Waals surface area contributed by atoms with Gasteiger partial charge in [-0.25, -0.2) is 13.2 Å². The Morgan fingerprint density at radius 1 is 1.10 bits per heavy atom. The normalized spacial score (nSPS) is 12.4. The van der Waals surface area contributed by atoms with Crippen LogP contribution in [0.4, 0.5) is 13.2 Å². The smallest absolute Gasteiger partial charge is 0.194 e. The highest BCUT2D eigenvalue weighted by molar-refractivity contribution is 5.25. The molecular formula is C15H15F3N2. The van der Waals surface area contributed by atoms with E-state index in [1.807, 2.05) is 19.1 Å². The summed E-state index contributed by atoms with van der Waals surface area (Å²) in [4.78, 5) is 3.92. The summed E-state index contributed by atoms with van der Waals surface area (Å²) < 4.78 is 39.7. The highest BCUT2D eigenvalue weighted by Crippen LogP contribution is 2.22. The quantitative estimate of drug-likeness (QED) is 0.849. The number of hydrogen-bond acceptors (Lipinski definition) is 2. The largest absolute Gasteiger partial charge is 0.310 e. The maximum atomic E-state index is 13.3. The van der Waals surface area contributed by atoms with Gasteiger partial charge in [0.15, 0.2) is 17.5 Å². The molecule has 2 aromatic rings. The zero-order valence-corrected chi connectivity index (χ0v) is 11.0. The van der Waals surface area contributed by atoms with Gasteiger partial charge in [0.2, 0.25) is 0 Å². The first-order valence-electron chi connectivity index (χ1n) is 6.38. The molecule has 1 atom stereocenters. The number of rotatable bonds is 5. The maximum absolute atomic E-state index is 13.3. The fraction of sp³-hybridized carbons (Fsp3) is 0.267. The molecule has 0 aliphatic carbocycles. The van der Waals surface area contributed by atoms with Crippen molar-refractivity contribution in [1.82, 2.24) is 10.3 Å². The predicted molar refractivity (Wildman–Crippen MR) is 70.7 cm³/mol. The summed E-state index contributed by atoms with van der Waals surface area (Å²) in [5.74, 6) is -3.77. The van der Waals surface area contributed by atoms with E-state index in [1.54, 1.807) is 12.4 Å². The third kappa shape index (κ3) is 3.36. The number of aromatic nitrogens is 1. The number of pyridine rings is 1.